The van der Waals surface area contributed by atoms with Crippen molar-refractivity contribution in [1.29, 1.82) is 0 Å². The monoisotopic (exact) mass is 317 g/mol. The molecular weight excluding hydrogens is 309 g/mol. The molecule has 17 heavy (non-hydrogen) atoms. The molecule has 0 saturated carbocycles. The number of benzene rings is 1. The summed E-state index contributed by atoms with van der Waals surface area (Å²) in [6, 6.07) is 3.02. The Bertz CT molecular complexity index is 531. The van der Waals surface area contributed by atoms with Crippen LogP contribution in [0.25, 0.3) is 10.2 Å². The van der Waals surface area contributed by atoms with Gasteiger partial charge in [-0.05, 0) is 35.0 Å². The van der Waals surface area contributed by atoms with Gasteiger partial charge in [-0.3, -0.25) is 4.79 Å². The van der Waals surface area contributed by atoms with E-state index in [1.165, 1.54) is 17.4 Å². The van der Waals surface area contributed by atoms with Crippen LogP contribution in [-0.4, -0.2) is 17.6 Å². The van der Waals surface area contributed by atoms with E-state index in [2.05, 4.69) is 20.9 Å². The van der Waals surface area contributed by atoms with E-state index in [1.54, 1.807) is 13.0 Å². The van der Waals surface area contributed by atoms with Gasteiger partial charge in [-0.2, -0.15) is 0 Å². The Kier molecular flexibility index (Phi) is 3.73. The lowest BCUT2D eigenvalue weighted by molar-refractivity contribution is -0.142. The lowest BCUT2D eigenvalue weighted by Crippen LogP contribution is -2.06. The van der Waals surface area contributed by atoms with E-state index >= 15 is 0 Å². The van der Waals surface area contributed by atoms with Crippen LogP contribution in [0.5, 0.6) is 0 Å². The van der Waals surface area contributed by atoms with Crippen molar-refractivity contribution in [3.63, 3.8) is 0 Å². The van der Waals surface area contributed by atoms with Crippen LogP contribution in [0.3, 0.4) is 0 Å². The number of hydrogen-bond donors (Lipinski definition) is 0. The van der Waals surface area contributed by atoms with Crippen molar-refractivity contribution in [3.05, 3.63) is 27.4 Å². The lowest BCUT2D eigenvalue weighted by atomic mass is 10.3. The van der Waals surface area contributed by atoms with Gasteiger partial charge in [-0.15, -0.1) is 11.3 Å². The molecule has 0 atom stereocenters. The number of ether oxygens (including phenoxy) is 1. The third-order valence-electron chi connectivity index (χ3n) is 2.08. The molecule has 90 valence electrons. The summed E-state index contributed by atoms with van der Waals surface area (Å²) in [5.41, 5.74) is 0.683. The predicted octanol–water partition coefficient (Wildman–Crippen LogP) is 3.30. The smallest absolute Gasteiger partial charge is 0.312 e. The maximum Gasteiger partial charge on any atom is 0.312 e. The summed E-state index contributed by atoms with van der Waals surface area (Å²) in [5.74, 6) is -0.644. The van der Waals surface area contributed by atoms with Crippen LogP contribution < -0.4 is 0 Å². The highest BCUT2D eigenvalue weighted by molar-refractivity contribution is 9.10. The molecule has 0 spiro atoms. The molecule has 1 aromatic heterocycles. The van der Waals surface area contributed by atoms with Crippen LogP contribution in [0.1, 0.15) is 11.9 Å². The molecule has 0 N–H and O–H groups in total. The summed E-state index contributed by atoms with van der Waals surface area (Å²) in [5, 5.41) is 0.635. The van der Waals surface area contributed by atoms with E-state index in [0.29, 0.717) is 21.6 Å². The molecule has 0 bridgehead atoms. The Hall–Kier alpha value is -1.01. The van der Waals surface area contributed by atoms with Gasteiger partial charge in [0, 0.05) is 0 Å². The maximum atomic E-state index is 13.3. The largest absolute Gasteiger partial charge is 0.466 e. The van der Waals surface area contributed by atoms with Crippen LogP contribution in [0.4, 0.5) is 4.39 Å². The number of fused-ring (bicyclic) bond motifs is 1. The Morgan fingerprint density at radius 2 is 2.35 bits per heavy atom. The standard InChI is InChI=1S/C11H9BrFNO2S/c1-2-16-11(15)5-10-14-8-3-6(12)7(13)4-9(8)17-10/h3-4H,2,5H2,1H3. The second-order valence-electron chi connectivity index (χ2n) is 3.32. The van der Waals surface area contributed by atoms with Gasteiger partial charge in [0.05, 0.1) is 27.7 Å². The molecule has 0 aliphatic rings. The minimum atomic E-state index is -0.330. The van der Waals surface area contributed by atoms with Gasteiger partial charge < -0.3 is 4.74 Å². The summed E-state index contributed by atoms with van der Waals surface area (Å²) in [4.78, 5) is 15.5. The van der Waals surface area contributed by atoms with Gasteiger partial charge in [-0.25, -0.2) is 9.37 Å². The van der Waals surface area contributed by atoms with Crippen LogP contribution in [0.15, 0.2) is 16.6 Å². The van der Waals surface area contributed by atoms with Gasteiger partial charge in [0.2, 0.25) is 0 Å². The fourth-order valence-corrected chi connectivity index (χ4v) is 2.67. The number of esters is 1. The minimum Gasteiger partial charge on any atom is -0.466 e. The summed E-state index contributed by atoms with van der Waals surface area (Å²) in [6.45, 7) is 2.10. The zero-order chi connectivity index (χ0) is 12.4. The number of thiazole rings is 1. The first-order valence-electron chi connectivity index (χ1n) is 5.00. The van der Waals surface area contributed by atoms with E-state index in [-0.39, 0.29) is 18.2 Å². The van der Waals surface area contributed by atoms with Crippen LogP contribution >= 0.6 is 27.3 Å². The molecule has 0 radical (unpaired) electrons. The molecule has 1 aromatic carbocycles. The first kappa shape index (κ1) is 12.4. The average Bonchev–Trinajstić information content (AvgIpc) is 2.60. The van der Waals surface area contributed by atoms with Crippen molar-refractivity contribution in [2.75, 3.05) is 6.61 Å². The second kappa shape index (κ2) is 5.10. The molecule has 3 nitrogen and oxygen atoms in total. The van der Waals surface area contributed by atoms with Crippen molar-refractivity contribution in [1.82, 2.24) is 4.98 Å². The summed E-state index contributed by atoms with van der Waals surface area (Å²) in [7, 11) is 0. The predicted molar refractivity (Wildman–Crippen MR) is 67.6 cm³/mol. The van der Waals surface area contributed by atoms with E-state index in [4.69, 9.17) is 4.74 Å². The van der Waals surface area contributed by atoms with Gasteiger partial charge in [0.1, 0.15) is 10.8 Å². The van der Waals surface area contributed by atoms with E-state index in [0.717, 1.165) is 4.70 Å². The Labute approximate surface area is 110 Å². The average molecular weight is 318 g/mol. The van der Waals surface area contributed by atoms with Gasteiger partial charge in [-0.1, -0.05) is 0 Å². The number of carbonyl (C=O) groups excluding carboxylic acids is 1. The molecule has 0 unspecified atom stereocenters. The Morgan fingerprint density at radius 1 is 1.59 bits per heavy atom. The van der Waals surface area contributed by atoms with Crippen molar-refractivity contribution >= 4 is 43.5 Å². The van der Waals surface area contributed by atoms with Crippen LogP contribution in [-0.2, 0) is 16.0 Å². The third-order valence-corrected chi connectivity index (χ3v) is 3.70. The van der Waals surface area contributed by atoms with E-state index in [9.17, 15) is 9.18 Å². The molecule has 0 fully saturated rings. The minimum absolute atomic E-state index is 0.131. The lowest BCUT2D eigenvalue weighted by Gasteiger charge is -1.97. The molecule has 0 aliphatic carbocycles. The fourth-order valence-electron chi connectivity index (χ4n) is 1.38. The van der Waals surface area contributed by atoms with Gasteiger partial charge >= 0.3 is 5.97 Å². The van der Waals surface area contributed by atoms with Crippen molar-refractivity contribution in [2.24, 2.45) is 0 Å². The topological polar surface area (TPSA) is 39.2 Å². The molecule has 0 saturated heterocycles. The highest BCUT2D eigenvalue weighted by Crippen LogP contribution is 2.27. The molecular formula is C11H9BrFNO2S. The molecule has 0 aliphatic heterocycles. The number of aromatic nitrogens is 1. The number of halogens is 2. The van der Waals surface area contributed by atoms with Crippen LogP contribution in [0.2, 0.25) is 0 Å². The fraction of sp³-hybridized carbons (Fsp3) is 0.273. The third kappa shape index (κ3) is 2.81. The van der Waals surface area contributed by atoms with Crippen LogP contribution in [0, 0.1) is 5.82 Å². The van der Waals surface area contributed by atoms with Crippen molar-refractivity contribution in [2.45, 2.75) is 13.3 Å². The number of nitrogens with zero attached hydrogens (tertiary/aromatic N) is 1. The number of rotatable bonds is 3. The molecule has 1 heterocycles. The van der Waals surface area contributed by atoms with Crippen molar-refractivity contribution < 1.29 is 13.9 Å². The quantitative estimate of drug-likeness (QED) is 0.815. The number of hydrogen-bond acceptors (Lipinski definition) is 4. The molecule has 6 heteroatoms. The summed E-state index contributed by atoms with van der Waals surface area (Å²) in [6.07, 6.45) is 0.131. The highest BCUT2D eigenvalue weighted by atomic mass is 79.9. The first-order valence-corrected chi connectivity index (χ1v) is 6.61. The maximum absolute atomic E-state index is 13.3. The molecule has 2 aromatic rings. The van der Waals surface area contributed by atoms with Crippen molar-refractivity contribution in [3.8, 4) is 0 Å². The second-order valence-corrected chi connectivity index (χ2v) is 5.29. The first-order chi connectivity index (χ1) is 8.10. The zero-order valence-electron chi connectivity index (χ0n) is 9.00. The van der Waals surface area contributed by atoms with E-state index in [1.807, 2.05) is 0 Å². The zero-order valence-corrected chi connectivity index (χ0v) is 11.4. The van der Waals surface area contributed by atoms with Gasteiger partial charge in [0.25, 0.3) is 0 Å². The molecule has 0 amide bonds. The van der Waals surface area contributed by atoms with Gasteiger partial charge in [0.15, 0.2) is 0 Å². The molecule has 2 rings (SSSR count). The summed E-state index contributed by atoms with van der Waals surface area (Å²) < 4.78 is 19.2. The highest BCUT2D eigenvalue weighted by Gasteiger charge is 2.11. The Balaban J connectivity index is 2.29. The summed E-state index contributed by atoms with van der Waals surface area (Å²) >= 11 is 4.40. The SMILES string of the molecule is CCOC(=O)Cc1nc2cc(Br)c(F)cc2s1. The normalized spacial score (nSPS) is 10.8. The Morgan fingerprint density at radius 3 is 3.06 bits per heavy atom. The van der Waals surface area contributed by atoms with E-state index < -0.39 is 0 Å². The number of carbonyl (C=O) groups is 1.